The lowest BCUT2D eigenvalue weighted by Gasteiger charge is -2.18. The summed E-state index contributed by atoms with van der Waals surface area (Å²) in [4.78, 5) is 13.6. The molecule has 4 heteroatoms. The first kappa shape index (κ1) is 11.4. The molecule has 1 aromatic rings. The Bertz CT molecular complexity index is 445. The predicted octanol–water partition coefficient (Wildman–Crippen LogP) is 2.41. The Morgan fingerprint density at radius 3 is 2.94 bits per heavy atom. The van der Waals surface area contributed by atoms with Crippen molar-refractivity contribution >= 4 is 39.9 Å². The van der Waals surface area contributed by atoms with Gasteiger partial charge in [0.2, 0.25) is 5.91 Å². The number of rotatable bonds is 2. The molecule has 16 heavy (non-hydrogen) atoms. The number of halogens is 1. The van der Waals surface area contributed by atoms with Crippen LogP contribution in [-0.2, 0) is 4.79 Å². The topological polar surface area (TPSA) is 46.3 Å². The highest BCUT2D eigenvalue weighted by molar-refractivity contribution is 14.1. The first-order valence-electron chi connectivity index (χ1n) is 5.09. The number of carbonyl (C=O) groups is 1. The molecule has 84 valence electrons. The van der Waals surface area contributed by atoms with Gasteiger partial charge in [0.05, 0.1) is 11.4 Å². The summed E-state index contributed by atoms with van der Waals surface area (Å²) >= 11 is 2.22. The van der Waals surface area contributed by atoms with Crippen LogP contribution in [0.25, 0.3) is 0 Å². The average molecular weight is 328 g/mol. The lowest BCUT2D eigenvalue weighted by atomic mass is 10.1. The van der Waals surface area contributed by atoms with E-state index in [1.54, 1.807) is 4.90 Å². The highest BCUT2D eigenvalue weighted by Gasteiger charge is 2.29. The van der Waals surface area contributed by atoms with Gasteiger partial charge in [0.1, 0.15) is 0 Å². The minimum absolute atomic E-state index is 0.124. The molecule has 1 aromatic carbocycles. The molecule has 1 aliphatic rings. The van der Waals surface area contributed by atoms with Crippen LogP contribution in [0.1, 0.15) is 6.42 Å². The molecule has 1 fully saturated rings. The maximum absolute atomic E-state index is 11.8. The molecule has 1 heterocycles. The number of nitrogens with zero attached hydrogens (tertiary/aromatic N) is 1. The lowest BCUT2D eigenvalue weighted by molar-refractivity contribution is -0.117. The van der Waals surface area contributed by atoms with Crippen molar-refractivity contribution in [3.63, 3.8) is 0 Å². The van der Waals surface area contributed by atoms with Gasteiger partial charge in [0, 0.05) is 22.5 Å². The molecular formula is C12H13IN2O. The lowest BCUT2D eigenvalue weighted by Crippen LogP contribution is -2.25. The Hall–Kier alpha value is -1.04. The highest BCUT2D eigenvalue weighted by atomic mass is 127. The van der Waals surface area contributed by atoms with Crippen molar-refractivity contribution in [1.82, 2.24) is 0 Å². The second-order valence-corrected chi connectivity index (χ2v) is 5.15. The largest absolute Gasteiger partial charge is 0.397 e. The zero-order chi connectivity index (χ0) is 11.7. The molecule has 0 radical (unpaired) electrons. The van der Waals surface area contributed by atoms with Crippen LogP contribution in [0, 0.1) is 9.49 Å². The van der Waals surface area contributed by atoms with E-state index in [1.807, 2.05) is 24.3 Å². The Labute approximate surface area is 108 Å². The van der Waals surface area contributed by atoms with Gasteiger partial charge in [-0.05, 0) is 40.8 Å². The standard InChI is InChI=1S/C12H13IN2O/c1-2-8-5-12(16)15(7-8)11-6-9(13)3-4-10(11)14/h2-4,6,8H,1,5,7,14H2. The van der Waals surface area contributed by atoms with Crippen molar-refractivity contribution in [2.45, 2.75) is 6.42 Å². The summed E-state index contributed by atoms with van der Waals surface area (Å²) in [5.41, 5.74) is 7.37. The number of hydrogen-bond acceptors (Lipinski definition) is 2. The molecule has 1 unspecified atom stereocenters. The van der Waals surface area contributed by atoms with Crippen LogP contribution in [0.2, 0.25) is 0 Å². The third-order valence-corrected chi connectivity index (χ3v) is 3.44. The third kappa shape index (κ3) is 2.07. The molecule has 1 atom stereocenters. The quantitative estimate of drug-likeness (QED) is 0.515. The number of nitrogen functional groups attached to an aromatic ring is 1. The Morgan fingerprint density at radius 2 is 2.31 bits per heavy atom. The van der Waals surface area contributed by atoms with Crippen molar-refractivity contribution in [2.24, 2.45) is 5.92 Å². The molecule has 1 aliphatic heterocycles. The summed E-state index contributed by atoms with van der Waals surface area (Å²) in [5, 5.41) is 0. The average Bonchev–Trinajstić information content (AvgIpc) is 2.63. The minimum Gasteiger partial charge on any atom is -0.397 e. The molecule has 0 aliphatic carbocycles. The van der Waals surface area contributed by atoms with Crippen LogP contribution in [0.3, 0.4) is 0 Å². The summed E-state index contributed by atoms with van der Waals surface area (Å²) in [7, 11) is 0. The number of nitrogens with two attached hydrogens (primary N) is 1. The van der Waals surface area contributed by atoms with E-state index < -0.39 is 0 Å². The number of amides is 1. The molecule has 2 N–H and O–H groups in total. The second-order valence-electron chi connectivity index (χ2n) is 3.91. The fourth-order valence-electron chi connectivity index (χ4n) is 1.88. The van der Waals surface area contributed by atoms with E-state index in [-0.39, 0.29) is 11.8 Å². The first-order valence-corrected chi connectivity index (χ1v) is 6.17. The van der Waals surface area contributed by atoms with Gasteiger partial charge in [0.15, 0.2) is 0 Å². The number of anilines is 2. The van der Waals surface area contributed by atoms with Crippen molar-refractivity contribution in [3.8, 4) is 0 Å². The Kier molecular flexibility index (Phi) is 3.18. The van der Waals surface area contributed by atoms with Crippen molar-refractivity contribution in [3.05, 3.63) is 34.4 Å². The zero-order valence-corrected chi connectivity index (χ0v) is 11.0. The van der Waals surface area contributed by atoms with E-state index in [9.17, 15) is 4.79 Å². The van der Waals surface area contributed by atoms with Crippen LogP contribution in [0.15, 0.2) is 30.9 Å². The molecule has 1 amide bonds. The molecule has 2 rings (SSSR count). The van der Waals surface area contributed by atoms with E-state index in [0.29, 0.717) is 18.7 Å². The maximum atomic E-state index is 11.8. The molecule has 0 aromatic heterocycles. The molecular weight excluding hydrogens is 315 g/mol. The molecule has 1 saturated heterocycles. The molecule has 0 spiro atoms. The smallest absolute Gasteiger partial charge is 0.227 e. The van der Waals surface area contributed by atoms with Gasteiger partial charge < -0.3 is 10.6 Å². The van der Waals surface area contributed by atoms with Gasteiger partial charge in [-0.25, -0.2) is 0 Å². The maximum Gasteiger partial charge on any atom is 0.227 e. The second kappa shape index (κ2) is 4.45. The van der Waals surface area contributed by atoms with E-state index in [1.165, 1.54) is 0 Å². The number of carbonyl (C=O) groups excluding carboxylic acids is 1. The Morgan fingerprint density at radius 1 is 1.56 bits per heavy atom. The third-order valence-electron chi connectivity index (χ3n) is 2.77. The zero-order valence-electron chi connectivity index (χ0n) is 8.82. The van der Waals surface area contributed by atoms with E-state index in [2.05, 4.69) is 29.2 Å². The van der Waals surface area contributed by atoms with Gasteiger partial charge in [-0.1, -0.05) is 6.08 Å². The van der Waals surface area contributed by atoms with E-state index in [0.717, 1.165) is 9.26 Å². The van der Waals surface area contributed by atoms with Crippen LogP contribution >= 0.6 is 22.6 Å². The van der Waals surface area contributed by atoms with Gasteiger partial charge in [-0.3, -0.25) is 4.79 Å². The predicted molar refractivity (Wildman–Crippen MR) is 74.2 cm³/mol. The highest BCUT2D eigenvalue weighted by Crippen LogP contribution is 2.31. The summed E-state index contributed by atoms with van der Waals surface area (Å²) < 4.78 is 1.08. The van der Waals surface area contributed by atoms with Crippen molar-refractivity contribution in [1.29, 1.82) is 0 Å². The fourth-order valence-corrected chi connectivity index (χ4v) is 2.35. The van der Waals surface area contributed by atoms with Crippen LogP contribution in [0.4, 0.5) is 11.4 Å². The first-order chi connectivity index (χ1) is 7.61. The van der Waals surface area contributed by atoms with E-state index >= 15 is 0 Å². The van der Waals surface area contributed by atoms with Crippen molar-refractivity contribution in [2.75, 3.05) is 17.2 Å². The minimum atomic E-state index is 0.124. The number of benzene rings is 1. The van der Waals surface area contributed by atoms with Gasteiger partial charge in [0.25, 0.3) is 0 Å². The van der Waals surface area contributed by atoms with E-state index in [4.69, 9.17) is 5.73 Å². The van der Waals surface area contributed by atoms with Crippen LogP contribution < -0.4 is 10.6 Å². The van der Waals surface area contributed by atoms with Crippen molar-refractivity contribution < 1.29 is 4.79 Å². The SMILES string of the molecule is C=CC1CC(=O)N(c2cc(I)ccc2N)C1. The van der Waals surface area contributed by atoms with Crippen LogP contribution in [0.5, 0.6) is 0 Å². The fraction of sp³-hybridized carbons (Fsp3) is 0.250. The van der Waals surface area contributed by atoms with Gasteiger partial charge in [-0.15, -0.1) is 6.58 Å². The Balaban J connectivity index is 2.34. The summed E-state index contributed by atoms with van der Waals surface area (Å²) in [6.45, 7) is 4.42. The number of hydrogen-bond donors (Lipinski definition) is 1. The molecule has 3 nitrogen and oxygen atoms in total. The normalized spacial score (nSPS) is 20.2. The van der Waals surface area contributed by atoms with Gasteiger partial charge >= 0.3 is 0 Å². The molecule has 0 bridgehead atoms. The monoisotopic (exact) mass is 328 g/mol. The molecule has 0 saturated carbocycles. The van der Waals surface area contributed by atoms with Crippen LogP contribution in [-0.4, -0.2) is 12.5 Å². The summed E-state index contributed by atoms with van der Waals surface area (Å²) in [6.07, 6.45) is 2.37. The van der Waals surface area contributed by atoms with Gasteiger partial charge in [-0.2, -0.15) is 0 Å². The summed E-state index contributed by atoms with van der Waals surface area (Å²) in [6, 6.07) is 5.72. The summed E-state index contributed by atoms with van der Waals surface area (Å²) in [5.74, 6) is 0.364.